The van der Waals surface area contributed by atoms with Gasteiger partial charge in [0, 0.05) is 37.6 Å². The SMILES string of the molecule is CN=C(NCCc1nnc2ccccn12)NCC(c1cccs1)N1CCC(C)CC1.I. The fourth-order valence-electron chi connectivity index (χ4n) is 4.00. The zero-order valence-corrected chi connectivity index (χ0v) is 21.3. The van der Waals surface area contributed by atoms with Gasteiger partial charge in [-0.2, -0.15) is 0 Å². The fourth-order valence-corrected chi connectivity index (χ4v) is 4.86. The molecule has 9 heteroatoms. The molecule has 0 bridgehead atoms. The maximum Gasteiger partial charge on any atom is 0.191 e. The molecule has 0 aliphatic carbocycles. The van der Waals surface area contributed by atoms with E-state index in [1.54, 1.807) is 0 Å². The van der Waals surface area contributed by atoms with Crippen molar-refractivity contribution in [2.75, 3.05) is 33.2 Å². The number of nitrogens with one attached hydrogen (secondary N) is 2. The van der Waals surface area contributed by atoms with Gasteiger partial charge in [0.25, 0.3) is 0 Å². The summed E-state index contributed by atoms with van der Waals surface area (Å²) in [6.45, 7) is 6.29. The summed E-state index contributed by atoms with van der Waals surface area (Å²) in [5.74, 6) is 2.61. The molecule has 0 spiro atoms. The van der Waals surface area contributed by atoms with Crippen LogP contribution in [0.3, 0.4) is 0 Å². The van der Waals surface area contributed by atoms with Crippen LogP contribution in [0.25, 0.3) is 5.65 Å². The van der Waals surface area contributed by atoms with Crippen LogP contribution in [0.2, 0.25) is 0 Å². The normalized spacial score (nSPS) is 16.8. The molecule has 0 saturated carbocycles. The lowest BCUT2D eigenvalue weighted by atomic mass is 9.97. The molecule has 7 nitrogen and oxygen atoms in total. The second-order valence-corrected chi connectivity index (χ2v) is 8.90. The second kappa shape index (κ2) is 11.8. The van der Waals surface area contributed by atoms with Crippen molar-refractivity contribution in [3.05, 3.63) is 52.6 Å². The molecule has 1 unspecified atom stereocenters. The minimum absolute atomic E-state index is 0. The lowest BCUT2D eigenvalue weighted by Gasteiger charge is -2.36. The van der Waals surface area contributed by atoms with E-state index in [1.807, 2.05) is 47.2 Å². The van der Waals surface area contributed by atoms with E-state index in [1.165, 1.54) is 17.7 Å². The van der Waals surface area contributed by atoms with E-state index in [9.17, 15) is 0 Å². The molecule has 2 N–H and O–H groups in total. The molecule has 1 saturated heterocycles. The van der Waals surface area contributed by atoms with Crippen molar-refractivity contribution in [1.29, 1.82) is 0 Å². The van der Waals surface area contributed by atoms with Crippen LogP contribution in [0, 0.1) is 5.92 Å². The monoisotopic (exact) mass is 553 g/mol. The third-order valence-corrected chi connectivity index (χ3v) is 6.82. The molecule has 1 aliphatic heterocycles. The van der Waals surface area contributed by atoms with Crippen molar-refractivity contribution < 1.29 is 0 Å². The second-order valence-electron chi connectivity index (χ2n) is 7.92. The molecular weight excluding hydrogens is 521 g/mol. The molecule has 0 aromatic carbocycles. The zero-order chi connectivity index (χ0) is 20.8. The number of aromatic nitrogens is 3. The minimum Gasteiger partial charge on any atom is -0.356 e. The summed E-state index contributed by atoms with van der Waals surface area (Å²) >= 11 is 1.84. The van der Waals surface area contributed by atoms with Crippen molar-refractivity contribution in [1.82, 2.24) is 30.1 Å². The van der Waals surface area contributed by atoms with E-state index < -0.39 is 0 Å². The molecule has 168 valence electrons. The maximum atomic E-state index is 4.42. The molecule has 1 fully saturated rings. The third-order valence-electron chi connectivity index (χ3n) is 5.84. The van der Waals surface area contributed by atoms with Crippen LogP contribution < -0.4 is 10.6 Å². The van der Waals surface area contributed by atoms with Crippen LogP contribution in [0.1, 0.15) is 36.5 Å². The molecule has 3 aromatic heterocycles. The maximum absolute atomic E-state index is 4.42. The Bertz CT molecular complexity index is 948. The molecule has 4 rings (SSSR count). The molecule has 0 radical (unpaired) electrons. The first-order valence-corrected chi connectivity index (χ1v) is 11.6. The summed E-state index contributed by atoms with van der Waals surface area (Å²) in [6, 6.07) is 10.7. The van der Waals surface area contributed by atoms with E-state index >= 15 is 0 Å². The van der Waals surface area contributed by atoms with Gasteiger partial charge in [-0.3, -0.25) is 14.3 Å². The van der Waals surface area contributed by atoms with E-state index in [-0.39, 0.29) is 24.0 Å². The van der Waals surface area contributed by atoms with Crippen LogP contribution >= 0.6 is 35.3 Å². The van der Waals surface area contributed by atoms with Crippen LogP contribution in [0.5, 0.6) is 0 Å². The number of aliphatic imine (C=N–C) groups is 1. The molecular formula is C22H32IN7S. The number of hydrogen-bond acceptors (Lipinski definition) is 5. The first-order chi connectivity index (χ1) is 14.7. The molecule has 1 aliphatic rings. The smallest absolute Gasteiger partial charge is 0.191 e. The average molecular weight is 554 g/mol. The van der Waals surface area contributed by atoms with Gasteiger partial charge in [-0.1, -0.05) is 19.1 Å². The number of piperidine rings is 1. The van der Waals surface area contributed by atoms with Crippen molar-refractivity contribution in [2.45, 2.75) is 32.2 Å². The predicted molar refractivity (Wildman–Crippen MR) is 139 cm³/mol. The van der Waals surface area contributed by atoms with E-state index in [4.69, 9.17) is 0 Å². The molecule has 0 amide bonds. The largest absolute Gasteiger partial charge is 0.356 e. The van der Waals surface area contributed by atoms with E-state index in [0.717, 1.165) is 55.9 Å². The van der Waals surface area contributed by atoms with Gasteiger partial charge >= 0.3 is 0 Å². The van der Waals surface area contributed by atoms with Gasteiger partial charge in [-0.05, 0) is 55.4 Å². The first kappa shape index (κ1) is 23.9. The van der Waals surface area contributed by atoms with Crippen LogP contribution in [-0.2, 0) is 6.42 Å². The molecule has 31 heavy (non-hydrogen) atoms. The number of likely N-dealkylation sites (tertiary alicyclic amines) is 1. The van der Waals surface area contributed by atoms with Crippen LogP contribution in [0.15, 0.2) is 46.9 Å². The third kappa shape index (κ3) is 6.17. The Kier molecular flexibility index (Phi) is 9.09. The number of thiophene rings is 1. The number of nitrogens with zero attached hydrogens (tertiary/aromatic N) is 5. The number of fused-ring (bicyclic) bond motifs is 1. The molecule has 1 atom stereocenters. The first-order valence-electron chi connectivity index (χ1n) is 10.7. The number of guanidine groups is 1. The van der Waals surface area contributed by atoms with Crippen molar-refractivity contribution in [2.24, 2.45) is 10.9 Å². The van der Waals surface area contributed by atoms with Gasteiger partial charge in [0.15, 0.2) is 11.6 Å². The fraction of sp³-hybridized carbons (Fsp3) is 0.500. The highest BCUT2D eigenvalue weighted by Crippen LogP contribution is 2.29. The Hall–Kier alpha value is -1.72. The summed E-state index contributed by atoms with van der Waals surface area (Å²) in [5.41, 5.74) is 0.879. The number of pyridine rings is 1. The Morgan fingerprint density at radius 1 is 1.19 bits per heavy atom. The number of hydrogen-bond donors (Lipinski definition) is 2. The lowest BCUT2D eigenvalue weighted by molar-refractivity contribution is 0.140. The highest BCUT2D eigenvalue weighted by atomic mass is 127. The highest BCUT2D eigenvalue weighted by molar-refractivity contribution is 14.0. The Balaban J connectivity index is 0.00000272. The Labute approximate surface area is 205 Å². The van der Waals surface area contributed by atoms with Gasteiger partial charge in [0.1, 0.15) is 5.82 Å². The van der Waals surface area contributed by atoms with Crippen LogP contribution in [0.4, 0.5) is 0 Å². The molecule has 4 heterocycles. The standard InChI is InChI=1S/C22H31N7S.HI/c1-17-9-13-28(14-10-17)18(19-6-5-15-30-19)16-25-22(23-2)24-11-8-21-27-26-20-7-3-4-12-29(20)21;/h3-7,12,15,17-18H,8-11,13-14,16H2,1-2H3,(H2,23,24,25);1H. The van der Waals surface area contributed by atoms with Crippen molar-refractivity contribution in [3.8, 4) is 0 Å². The number of rotatable bonds is 7. The van der Waals surface area contributed by atoms with Gasteiger partial charge in [0.2, 0.25) is 0 Å². The van der Waals surface area contributed by atoms with Gasteiger partial charge in [-0.15, -0.1) is 45.5 Å². The Morgan fingerprint density at radius 3 is 2.77 bits per heavy atom. The lowest BCUT2D eigenvalue weighted by Crippen LogP contribution is -2.45. The summed E-state index contributed by atoms with van der Waals surface area (Å²) < 4.78 is 2.03. The highest BCUT2D eigenvalue weighted by Gasteiger charge is 2.25. The summed E-state index contributed by atoms with van der Waals surface area (Å²) in [4.78, 5) is 8.45. The quantitative estimate of drug-likeness (QED) is 0.266. The van der Waals surface area contributed by atoms with E-state index in [0.29, 0.717) is 6.04 Å². The van der Waals surface area contributed by atoms with E-state index in [2.05, 4.69) is 55.2 Å². The van der Waals surface area contributed by atoms with Crippen molar-refractivity contribution in [3.63, 3.8) is 0 Å². The topological polar surface area (TPSA) is 69.8 Å². The van der Waals surface area contributed by atoms with Gasteiger partial charge in [0.05, 0.1) is 6.04 Å². The summed E-state index contributed by atoms with van der Waals surface area (Å²) in [7, 11) is 1.82. The van der Waals surface area contributed by atoms with Crippen LogP contribution in [-0.4, -0.2) is 58.7 Å². The van der Waals surface area contributed by atoms with Gasteiger partial charge in [-0.25, -0.2) is 0 Å². The number of halogens is 1. The van der Waals surface area contributed by atoms with Crippen molar-refractivity contribution >= 4 is 46.9 Å². The zero-order valence-electron chi connectivity index (χ0n) is 18.2. The predicted octanol–water partition coefficient (Wildman–Crippen LogP) is 3.59. The summed E-state index contributed by atoms with van der Waals surface area (Å²) in [5, 5.41) is 17.7. The Morgan fingerprint density at radius 2 is 2.03 bits per heavy atom. The summed E-state index contributed by atoms with van der Waals surface area (Å²) in [6.07, 6.45) is 5.34. The molecule has 3 aromatic rings. The minimum atomic E-state index is 0. The van der Waals surface area contributed by atoms with Gasteiger partial charge < -0.3 is 10.6 Å². The average Bonchev–Trinajstić information content (AvgIpc) is 3.44.